The van der Waals surface area contributed by atoms with Crippen LogP contribution in [0.1, 0.15) is 40.7 Å². The summed E-state index contributed by atoms with van der Waals surface area (Å²) in [7, 11) is -0.674. The second-order valence-electron chi connectivity index (χ2n) is 6.16. The van der Waals surface area contributed by atoms with Gasteiger partial charge < -0.3 is 5.10 Å². The third-order valence-corrected chi connectivity index (χ3v) is 6.81. The lowest BCUT2D eigenvalue weighted by Gasteiger charge is -2.16. The lowest BCUT2D eigenvalue weighted by atomic mass is 10.00. The Morgan fingerprint density at radius 2 is 1.92 bits per heavy atom. The molecule has 0 aliphatic carbocycles. The van der Waals surface area contributed by atoms with Crippen molar-refractivity contribution >= 4 is 21.2 Å². The van der Waals surface area contributed by atoms with E-state index in [0.29, 0.717) is 28.3 Å². The van der Waals surface area contributed by atoms with Gasteiger partial charge in [-0.05, 0) is 31.4 Å². The molecule has 1 aliphatic heterocycles. The van der Waals surface area contributed by atoms with Gasteiger partial charge in [0.05, 0.1) is 15.4 Å². The highest BCUT2D eigenvalue weighted by molar-refractivity contribution is 7.93. The number of carbonyl (C=O) groups is 1. The fourth-order valence-corrected chi connectivity index (χ4v) is 5.20. The zero-order chi connectivity index (χ0) is 17.3. The molecule has 1 aliphatic rings. The highest BCUT2D eigenvalue weighted by Crippen LogP contribution is 2.27. The molecule has 0 amide bonds. The van der Waals surface area contributed by atoms with Crippen molar-refractivity contribution in [2.75, 3.05) is 11.5 Å². The standard InChI is InChI=1S/C17H21N3O3S/c1-12-13(16(21)14-11-18-20(2)17(14)22)7-6-8-15(12)19-24(23)9-4-3-5-10-24/h6-8,11,18H,3-5,9-10H2,1-2H3. The van der Waals surface area contributed by atoms with Crippen LogP contribution in [0, 0.1) is 6.92 Å². The van der Waals surface area contributed by atoms with Crippen molar-refractivity contribution in [1.29, 1.82) is 0 Å². The van der Waals surface area contributed by atoms with Gasteiger partial charge in [-0.25, -0.2) is 4.21 Å². The molecule has 1 aromatic carbocycles. The lowest BCUT2D eigenvalue weighted by Crippen LogP contribution is -2.19. The Morgan fingerprint density at radius 3 is 2.54 bits per heavy atom. The molecule has 0 bridgehead atoms. The molecular formula is C17H21N3O3S. The predicted molar refractivity (Wildman–Crippen MR) is 94.5 cm³/mol. The molecule has 128 valence electrons. The van der Waals surface area contributed by atoms with Gasteiger partial charge in [-0.2, -0.15) is 4.36 Å². The maximum absolute atomic E-state index is 12.8. The quantitative estimate of drug-likeness (QED) is 0.866. The number of ketones is 1. The average molecular weight is 347 g/mol. The number of hydrogen-bond acceptors (Lipinski definition) is 4. The molecule has 0 spiro atoms. The topological polar surface area (TPSA) is 84.3 Å². The second-order valence-corrected chi connectivity index (χ2v) is 8.71. The van der Waals surface area contributed by atoms with Crippen LogP contribution >= 0.6 is 0 Å². The van der Waals surface area contributed by atoms with Gasteiger partial charge in [0.1, 0.15) is 5.56 Å². The first-order valence-electron chi connectivity index (χ1n) is 8.02. The molecule has 0 unspecified atom stereocenters. The fraction of sp³-hybridized carbons (Fsp3) is 0.412. The Balaban J connectivity index is 2.04. The van der Waals surface area contributed by atoms with E-state index < -0.39 is 9.73 Å². The van der Waals surface area contributed by atoms with E-state index in [4.69, 9.17) is 0 Å². The van der Waals surface area contributed by atoms with Gasteiger partial charge in [0.25, 0.3) is 5.56 Å². The molecule has 2 aromatic rings. The number of nitrogens with one attached hydrogen (secondary N) is 1. The lowest BCUT2D eigenvalue weighted by molar-refractivity contribution is 0.103. The molecule has 7 heteroatoms. The Hall–Kier alpha value is -2.15. The predicted octanol–water partition coefficient (Wildman–Crippen LogP) is 2.54. The Bertz CT molecular complexity index is 950. The summed E-state index contributed by atoms with van der Waals surface area (Å²) in [4.78, 5) is 24.7. The van der Waals surface area contributed by atoms with E-state index in [1.54, 1.807) is 32.2 Å². The molecule has 0 atom stereocenters. The van der Waals surface area contributed by atoms with Crippen molar-refractivity contribution in [2.24, 2.45) is 11.4 Å². The first-order valence-corrected chi connectivity index (χ1v) is 9.88. The minimum absolute atomic E-state index is 0.0969. The second kappa shape index (κ2) is 6.39. The number of rotatable bonds is 3. The molecule has 0 saturated carbocycles. The molecule has 1 saturated heterocycles. The van der Waals surface area contributed by atoms with Gasteiger partial charge in [-0.1, -0.05) is 18.6 Å². The summed E-state index contributed by atoms with van der Waals surface area (Å²) in [5.41, 5.74) is 1.41. The molecule has 1 fully saturated rings. The summed E-state index contributed by atoms with van der Waals surface area (Å²) in [5.74, 6) is 0.886. The van der Waals surface area contributed by atoms with Gasteiger partial charge in [0.15, 0.2) is 0 Å². The molecule has 1 N–H and O–H groups in total. The van der Waals surface area contributed by atoms with Crippen molar-refractivity contribution < 1.29 is 9.00 Å². The number of benzene rings is 1. The molecular weight excluding hydrogens is 326 g/mol. The van der Waals surface area contributed by atoms with E-state index in [0.717, 1.165) is 19.3 Å². The van der Waals surface area contributed by atoms with Crippen LogP contribution in [0.4, 0.5) is 5.69 Å². The van der Waals surface area contributed by atoms with Crippen molar-refractivity contribution in [3.05, 3.63) is 51.4 Å². The van der Waals surface area contributed by atoms with Gasteiger partial charge in [-0.15, -0.1) is 0 Å². The number of aromatic amines is 1. The van der Waals surface area contributed by atoms with Crippen molar-refractivity contribution in [2.45, 2.75) is 26.2 Å². The minimum Gasteiger partial charge on any atom is -0.302 e. The third kappa shape index (κ3) is 3.08. The molecule has 24 heavy (non-hydrogen) atoms. The number of carbonyl (C=O) groups excluding carboxylic acids is 1. The average Bonchev–Trinajstić information content (AvgIpc) is 2.89. The van der Waals surface area contributed by atoms with Crippen LogP contribution in [0.5, 0.6) is 0 Å². The van der Waals surface area contributed by atoms with E-state index in [2.05, 4.69) is 9.46 Å². The van der Waals surface area contributed by atoms with Crippen LogP contribution in [0.25, 0.3) is 0 Å². The monoisotopic (exact) mass is 347 g/mol. The third-order valence-electron chi connectivity index (χ3n) is 4.42. The molecule has 3 rings (SSSR count). The normalized spacial score (nSPS) is 16.8. The minimum atomic E-state index is -2.24. The van der Waals surface area contributed by atoms with Gasteiger partial charge in [0.2, 0.25) is 5.78 Å². The summed E-state index contributed by atoms with van der Waals surface area (Å²) in [6.07, 6.45) is 4.37. The van der Waals surface area contributed by atoms with Gasteiger partial charge >= 0.3 is 0 Å². The van der Waals surface area contributed by atoms with E-state index in [1.165, 1.54) is 10.9 Å². The van der Waals surface area contributed by atoms with E-state index in [9.17, 15) is 13.8 Å². The fourth-order valence-electron chi connectivity index (χ4n) is 2.94. The summed E-state index contributed by atoms with van der Waals surface area (Å²) >= 11 is 0. The van der Waals surface area contributed by atoms with Crippen LogP contribution in [-0.4, -0.2) is 31.3 Å². The van der Waals surface area contributed by atoms with Crippen LogP contribution < -0.4 is 5.56 Å². The summed E-state index contributed by atoms with van der Waals surface area (Å²) < 4.78 is 18.6. The highest BCUT2D eigenvalue weighted by Gasteiger charge is 2.20. The number of aromatic nitrogens is 2. The zero-order valence-electron chi connectivity index (χ0n) is 13.9. The summed E-state index contributed by atoms with van der Waals surface area (Å²) in [6.45, 7) is 1.79. The van der Waals surface area contributed by atoms with E-state index in [1.807, 2.05) is 0 Å². The van der Waals surface area contributed by atoms with Crippen LogP contribution in [-0.2, 0) is 16.8 Å². The highest BCUT2D eigenvalue weighted by atomic mass is 32.2. The van der Waals surface area contributed by atoms with Crippen molar-refractivity contribution in [1.82, 2.24) is 9.78 Å². The number of aryl methyl sites for hydroxylation is 1. The number of H-pyrrole nitrogens is 1. The maximum Gasteiger partial charge on any atom is 0.277 e. The summed E-state index contributed by atoms with van der Waals surface area (Å²) in [5, 5.41) is 2.71. The molecule has 6 nitrogen and oxygen atoms in total. The van der Waals surface area contributed by atoms with Crippen LogP contribution in [0.2, 0.25) is 0 Å². The molecule has 0 radical (unpaired) electrons. The Morgan fingerprint density at radius 1 is 1.21 bits per heavy atom. The van der Waals surface area contributed by atoms with E-state index >= 15 is 0 Å². The number of nitrogens with zero attached hydrogens (tertiary/aromatic N) is 2. The smallest absolute Gasteiger partial charge is 0.277 e. The first kappa shape index (κ1) is 16.7. The van der Waals surface area contributed by atoms with E-state index in [-0.39, 0.29) is 16.9 Å². The largest absolute Gasteiger partial charge is 0.302 e. The van der Waals surface area contributed by atoms with Crippen molar-refractivity contribution in [3.8, 4) is 0 Å². The Kier molecular flexibility index (Phi) is 4.45. The first-order chi connectivity index (χ1) is 11.4. The summed E-state index contributed by atoms with van der Waals surface area (Å²) in [6, 6.07) is 5.18. The van der Waals surface area contributed by atoms with Crippen LogP contribution in [0.15, 0.2) is 33.6 Å². The Labute approximate surface area is 141 Å². The SMILES string of the molecule is Cc1c(N=S2(=O)CCCCC2)cccc1C(=O)c1c[nH]n(C)c1=O. The molecule has 2 heterocycles. The maximum atomic E-state index is 12.8. The van der Waals surface area contributed by atoms with Gasteiger partial charge in [-0.3, -0.25) is 14.3 Å². The number of hydrogen-bond donors (Lipinski definition) is 1. The van der Waals surface area contributed by atoms with Crippen LogP contribution in [0.3, 0.4) is 0 Å². The molecule has 1 aromatic heterocycles. The van der Waals surface area contributed by atoms with Crippen molar-refractivity contribution in [3.63, 3.8) is 0 Å². The zero-order valence-corrected chi connectivity index (χ0v) is 14.7. The van der Waals surface area contributed by atoms with Gasteiger partial charge in [0, 0.05) is 30.3 Å².